The van der Waals surface area contributed by atoms with Gasteiger partial charge in [-0.1, -0.05) is 24.3 Å². The quantitative estimate of drug-likeness (QED) is 0.372. The molecule has 0 unspecified atom stereocenters. The van der Waals surface area contributed by atoms with Gasteiger partial charge in [0.25, 0.3) is 0 Å². The molecule has 2 aromatic heterocycles. The summed E-state index contributed by atoms with van der Waals surface area (Å²) < 4.78 is 11.9. The van der Waals surface area contributed by atoms with Crippen molar-refractivity contribution in [2.24, 2.45) is 0 Å². The molecule has 0 bridgehead atoms. The molecule has 29 heavy (non-hydrogen) atoms. The van der Waals surface area contributed by atoms with Crippen molar-refractivity contribution in [3.63, 3.8) is 0 Å². The second kappa shape index (κ2) is 8.59. The topological polar surface area (TPSA) is 51.4 Å². The van der Waals surface area contributed by atoms with E-state index in [0.717, 1.165) is 33.5 Å². The van der Waals surface area contributed by atoms with Crippen molar-refractivity contribution < 1.29 is 9.15 Å². The SMILES string of the molecule is Cc1oc(-c2cccc(Oc3ccccc3)c2)nc1CN(C)[C@H](C)c1nccs1. The lowest BCUT2D eigenvalue weighted by Gasteiger charge is -2.21. The maximum atomic E-state index is 5.97. The summed E-state index contributed by atoms with van der Waals surface area (Å²) in [5.74, 6) is 2.98. The first kappa shape index (κ1) is 19.4. The molecule has 2 heterocycles. The van der Waals surface area contributed by atoms with E-state index in [0.29, 0.717) is 12.4 Å². The second-order valence-corrected chi connectivity index (χ2v) is 7.85. The molecule has 4 aromatic rings. The Kier molecular flexibility index (Phi) is 5.74. The zero-order valence-electron chi connectivity index (χ0n) is 16.7. The predicted octanol–water partition coefficient (Wildman–Crippen LogP) is 6.09. The summed E-state index contributed by atoms with van der Waals surface area (Å²) in [4.78, 5) is 11.4. The number of rotatable bonds is 7. The van der Waals surface area contributed by atoms with Gasteiger partial charge in [0.2, 0.25) is 5.89 Å². The van der Waals surface area contributed by atoms with Gasteiger partial charge in [-0.3, -0.25) is 4.90 Å². The minimum absolute atomic E-state index is 0.220. The second-order valence-electron chi connectivity index (χ2n) is 6.93. The zero-order valence-corrected chi connectivity index (χ0v) is 17.5. The molecule has 1 atom stereocenters. The molecular formula is C23H23N3O2S. The molecule has 5 nitrogen and oxygen atoms in total. The summed E-state index contributed by atoms with van der Waals surface area (Å²) >= 11 is 1.67. The van der Waals surface area contributed by atoms with Crippen LogP contribution in [0.1, 0.15) is 29.4 Å². The minimum Gasteiger partial charge on any atom is -0.457 e. The molecule has 0 amide bonds. The van der Waals surface area contributed by atoms with Gasteiger partial charge in [0.05, 0.1) is 11.7 Å². The number of ether oxygens (including phenoxy) is 1. The van der Waals surface area contributed by atoms with Gasteiger partial charge in [0.15, 0.2) is 0 Å². The summed E-state index contributed by atoms with van der Waals surface area (Å²) in [6.07, 6.45) is 1.84. The largest absolute Gasteiger partial charge is 0.457 e. The molecule has 0 radical (unpaired) electrons. The molecule has 0 aliphatic heterocycles. The van der Waals surface area contributed by atoms with Crippen molar-refractivity contribution in [2.75, 3.05) is 7.05 Å². The molecule has 0 saturated heterocycles. The third-order valence-electron chi connectivity index (χ3n) is 4.82. The molecule has 4 rings (SSSR count). The smallest absolute Gasteiger partial charge is 0.226 e. The number of hydrogen-bond donors (Lipinski definition) is 0. The molecule has 2 aromatic carbocycles. The van der Waals surface area contributed by atoms with Gasteiger partial charge in [-0.15, -0.1) is 11.3 Å². The van der Waals surface area contributed by atoms with E-state index >= 15 is 0 Å². The first-order valence-electron chi connectivity index (χ1n) is 9.49. The van der Waals surface area contributed by atoms with Crippen molar-refractivity contribution in [1.82, 2.24) is 14.9 Å². The number of para-hydroxylation sites is 1. The fourth-order valence-electron chi connectivity index (χ4n) is 3.02. The van der Waals surface area contributed by atoms with Crippen LogP contribution in [0.5, 0.6) is 11.5 Å². The van der Waals surface area contributed by atoms with Crippen LogP contribution in [0.2, 0.25) is 0 Å². The predicted molar refractivity (Wildman–Crippen MR) is 115 cm³/mol. The summed E-state index contributed by atoms with van der Waals surface area (Å²) in [5, 5.41) is 3.10. The lowest BCUT2D eigenvalue weighted by atomic mass is 10.2. The molecule has 0 aliphatic carbocycles. The van der Waals surface area contributed by atoms with Crippen LogP contribution in [-0.2, 0) is 6.54 Å². The van der Waals surface area contributed by atoms with Crippen LogP contribution in [0.15, 0.2) is 70.6 Å². The molecule has 0 spiro atoms. The fourth-order valence-corrected chi connectivity index (χ4v) is 3.78. The number of aromatic nitrogens is 2. The van der Waals surface area contributed by atoms with E-state index in [2.05, 4.69) is 23.9 Å². The molecule has 0 saturated carbocycles. The van der Waals surface area contributed by atoms with Gasteiger partial charge in [-0.2, -0.15) is 0 Å². The van der Waals surface area contributed by atoms with E-state index in [1.54, 1.807) is 11.3 Å². The fraction of sp³-hybridized carbons (Fsp3) is 0.217. The Morgan fingerprint density at radius 1 is 1.10 bits per heavy atom. The maximum absolute atomic E-state index is 5.97. The standard InChI is InChI=1S/C23H23N3O2S/c1-16(23-24-12-13-29-23)26(3)15-21-17(2)27-22(25-21)18-8-7-11-20(14-18)28-19-9-5-4-6-10-19/h4-14,16H,15H2,1-3H3/t16-/m1/s1. The zero-order chi connectivity index (χ0) is 20.2. The third kappa shape index (κ3) is 4.55. The van der Waals surface area contributed by atoms with E-state index in [1.807, 2.05) is 73.1 Å². The molecule has 0 aliphatic rings. The number of benzene rings is 2. The molecular weight excluding hydrogens is 382 g/mol. The maximum Gasteiger partial charge on any atom is 0.226 e. The average molecular weight is 406 g/mol. The number of hydrogen-bond acceptors (Lipinski definition) is 6. The van der Waals surface area contributed by atoms with Crippen molar-refractivity contribution in [2.45, 2.75) is 26.4 Å². The van der Waals surface area contributed by atoms with Crippen LogP contribution < -0.4 is 4.74 Å². The van der Waals surface area contributed by atoms with Gasteiger partial charge in [-0.05, 0) is 51.2 Å². The van der Waals surface area contributed by atoms with Gasteiger partial charge in [-0.25, -0.2) is 9.97 Å². The van der Waals surface area contributed by atoms with Gasteiger partial charge >= 0.3 is 0 Å². The Hall–Kier alpha value is -2.96. The van der Waals surface area contributed by atoms with Crippen LogP contribution in [0.4, 0.5) is 0 Å². The average Bonchev–Trinajstić information content (AvgIpc) is 3.39. The minimum atomic E-state index is 0.220. The highest BCUT2D eigenvalue weighted by atomic mass is 32.1. The van der Waals surface area contributed by atoms with Crippen LogP contribution in [0, 0.1) is 6.92 Å². The summed E-state index contributed by atoms with van der Waals surface area (Å²) in [5.41, 5.74) is 1.82. The normalized spacial score (nSPS) is 12.3. The number of nitrogens with zero attached hydrogens (tertiary/aromatic N) is 3. The molecule has 148 valence electrons. The summed E-state index contributed by atoms with van der Waals surface area (Å²) in [6, 6.07) is 17.8. The first-order valence-corrected chi connectivity index (χ1v) is 10.4. The monoisotopic (exact) mass is 405 g/mol. The molecule has 0 N–H and O–H groups in total. The lowest BCUT2D eigenvalue weighted by molar-refractivity contribution is 0.248. The summed E-state index contributed by atoms with van der Waals surface area (Å²) in [7, 11) is 2.08. The van der Waals surface area contributed by atoms with Crippen molar-refractivity contribution in [3.8, 4) is 23.0 Å². The van der Waals surface area contributed by atoms with Crippen LogP contribution in [-0.4, -0.2) is 21.9 Å². The Morgan fingerprint density at radius 3 is 2.66 bits per heavy atom. The van der Waals surface area contributed by atoms with E-state index in [1.165, 1.54) is 0 Å². The van der Waals surface area contributed by atoms with Crippen LogP contribution in [0.3, 0.4) is 0 Å². The van der Waals surface area contributed by atoms with Gasteiger partial charge < -0.3 is 9.15 Å². The first-order chi connectivity index (χ1) is 14.1. The van der Waals surface area contributed by atoms with Crippen molar-refractivity contribution >= 4 is 11.3 Å². The van der Waals surface area contributed by atoms with Crippen molar-refractivity contribution in [3.05, 3.63) is 82.6 Å². The molecule has 0 fully saturated rings. The lowest BCUT2D eigenvalue weighted by Crippen LogP contribution is -2.22. The van der Waals surface area contributed by atoms with E-state index in [-0.39, 0.29) is 6.04 Å². The van der Waals surface area contributed by atoms with E-state index in [9.17, 15) is 0 Å². The number of thiazole rings is 1. The third-order valence-corrected chi connectivity index (χ3v) is 5.77. The Labute approximate surface area is 174 Å². The Bertz CT molecular complexity index is 1060. The van der Waals surface area contributed by atoms with Gasteiger partial charge in [0.1, 0.15) is 22.3 Å². The summed E-state index contributed by atoms with van der Waals surface area (Å²) in [6.45, 7) is 4.80. The highest BCUT2D eigenvalue weighted by Crippen LogP contribution is 2.29. The highest BCUT2D eigenvalue weighted by Gasteiger charge is 2.19. The Balaban J connectivity index is 1.51. The number of oxazole rings is 1. The van der Waals surface area contributed by atoms with Gasteiger partial charge in [0, 0.05) is 23.7 Å². The Morgan fingerprint density at radius 2 is 1.90 bits per heavy atom. The van der Waals surface area contributed by atoms with Crippen LogP contribution in [0.25, 0.3) is 11.5 Å². The van der Waals surface area contributed by atoms with E-state index in [4.69, 9.17) is 14.1 Å². The number of aryl methyl sites for hydroxylation is 1. The van der Waals surface area contributed by atoms with E-state index < -0.39 is 0 Å². The highest BCUT2D eigenvalue weighted by molar-refractivity contribution is 7.09. The van der Waals surface area contributed by atoms with Crippen molar-refractivity contribution in [1.29, 1.82) is 0 Å². The van der Waals surface area contributed by atoms with Crippen LogP contribution >= 0.6 is 11.3 Å². The molecule has 6 heteroatoms.